The molecule has 0 spiro atoms. The van der Waals surface area contributed by atoms with Crippen molar-refractivity contribution in [3.8, 4) is 0 Å². The molecule has 1 saturated carbocycles. The van der Waals surface area contributed by atoms with Crippen LogP contribution in [0, 0.1) is 0 Å². The van der Waals surface area contributed by atoms with Crippen molar-refractivity contribution in [1.29, 1.82) is 0 Å². The van der Waals surface area contributed by atoms with Crippen LogP contribution in [0.4, 0.5) is 0 Å². The van der Waals surface area contributed by atoms with Gasteiger partial charge in [-0.15, -0.1) is 0 Å². The summed E-state index contributed by atoms with van der Waals surface area (Å²) in [6, 6.07) is 5.16. The van der Waals surface area contributed by atoms with Gasteiger partial charge in [0.25, 0.3) is 0 Å². The molecule has 1 aliphatic carbocycles. The van der Waals surface area contributed by atoms with Crippen molar-refractivity contribution < 1.29 is 0 Å². The van der Waals surface area contributed by atoms with E-state index in [0.29, 0.717) is 12.1 Å². The summed E-state index contributed by atoms with van der Waals surface area (Å²) in [7, 11) is 4.25. The van der Waals surface area contributed by atoms with Crippen LogP contribution in [0.2, 0.25) is 5.02 Å². The molecule has 100 valence electrons. The number of aromatic nitrogens is 1. The van der Waals surface area contributed by atoms with Gasteiger partial charge in [-0.05, 0) is 51.9 Å². The lowest BCUT2D eigenvalue weighted by Crippen LogP contribution is -2.39. The van der Waals surface area contributed by atoms with Gasteiger partial charge in [-0.25, -0.2) is 0 Å². The molecule has 0 atom stereocenters. The molecule has 1 fully saturated rings. The van der Waals surface area contributed by atoms with Gasteiger partial charge in [-0.2, -0.15) is 0 Å². The predicted molar refractivity (Wildman–Crippen MR) is 75.8 cm³/mol. The zero-order valence-electron chi connectivity index (χ0n) is 11.2. The summed E-state index contributed by atoms with van der Waals surface area (Å²) in [6.45, 7) is 0.884. The molecule has 0 aromatic carbocycles. The average Bonchev–Trinajstić information content (AvgIpc) is 2.39. The number of hydrogen-bond acceptors (Lipinski definition) is 3. The molecular formula is C14H22ClN3. The fraction of sp³-hybridized carbons (Fsp3) is 0.643. The highest BCUT2D eigenvalue weighted by Gasteiger charge is 2.23. The monoisotopic (exact) mass is 267 g/mol. The third kappa shape index (κ3) is 3.67. The van der Waals surface area contributed by atoms with Gasteiger partial charge >= 0.3 is 0 Å². The van der Waals surface area contributed by atoms with Crippen LogP contribution in [0.3, 0.4) is 0 Å². The summed E-state index contributed by atoms with van der Waals surface area (Å²) < 4.78 is 0. The minimum atomic E-state index is 0.676. The maximum atomic E-state index is 5.99. The first-order valence-corrected chi connectivity index (χ1v) is 7.04. The first kappa shape index (κ1) is 13.8. The van der Waals surface area contributed by atoms with Gasteiger partial charge in [0, 0.05) is 29.8 Å². The lowest BCUT2D eigenvalue weighted by Gasteiger charge is -2.34. The topological polar surface area (TPSA) is 28.2 Å². The maximum absolute atomic E-state index is 5.99. The van der Waals surface area contributed by atoms with E-state index < -0.39 is 0 Å². The van der Waals surface area contributed by atoms with E-state index >= 15 is 0 Å². The second kappa shape index (κ2) is 6.50. The highest BCUT2D eigenvalue weighted by atomic mass is 35.5. The van der Waals surface area contributed by atoms with Gasteiger partial charge in [0.05, 0.1) is 5.69 Å². The lowest BCUT2D eigenvalue weighted by molar-refractivity contribution is 0.168. The van der Waals surface area contributed by atoms with Crippen molar-refractivity contribution in [3.63, 3.8) is 0 Å². The lowest BCUT2D eigenvalue weighted by atomic mass is 9.90. The van der Waals surface area contributed by atoms with Gasteiger partial charge in [0.15, 0.2) is 0 Å². The third-order valence-electron chi connectivity index (χ3n) is 3.92. The number of nitrogens with zero attached hydrogens (tertiary/aromatic N) is 2. The Morgan fingerprint density at radius 2 is 2.11 bits per heavy atom. The second-order valence-corrected chi connectivity index (χ2v) is 5.61. The summed E-state index contributed by atoms with van der Waals surface area (Å²) in [5, 5.41) is 4.14. The summed E-state index contributed by atoms with van der Waals surface area (Å²) in [6.07, 6.45) is 6.86. The predicted octanol–water partition coefficient (Wildman–Crippen LogP) is 2.70. The molecule has 1 aromatic rings. The van der Waals surface area contributed by atoms with Crippen LogP contribution in [0.15, 0.2) is 18.3 Å². The molecule has 1 aromatic heterocycles. The van der Waals surface area contributed by atoms with E-state index in [1.54, 1.807) is 6.20 Å². The Balaban J connectivity index is 1.87. The normalized spacial score (nSPS) is 24.4. The molecule has 2 rings (SSSR count). The van der Waals surface area contributed by atoms with Crippen molar-refractivity contribution in [2.45, 2.75) is 44.3 Å². The van der Waals surface area contributed by atoms with Crippen LogP contribution in [0.25, 0.3) is 0 Å². The van der Waals surface area contributed by atoms with Crippen molar-refractivity contribution in [2.75, 3.05) is 14.1 Å². The Hall–Kier alpha value is -0.640. The molecule has 4 heteroatoms. The van der Waals surface area contributed by atoms with Crippen molar-refractivity contribution >= 4 is 11.6 Å². The summed E-state index contributed by atoms with van der Waals surface area (Å²) in [5.74, 6) is 0. The minimum absolute atomic E-state index is 0.676. The van der Waals surface area contributed by atoms with Crippen LogP contribution >= 0.6 is 11.6 Å². The molecule has 18 heavy (non-hydrogen) atoms. The van der Waals surface area contributed by atoms with E-state index in [1.807, 2.05) is 12.1 Å². The Bertz CT molecular complexity index is 375. The molecule has 0 radical (unpaired) electrons. The fourth-order valence-electron chi connectivity index (χ4n) is 2.73. The smallest absolute Gasteiger partial charge is 0.0558 e. The summed E-state index contributed by atoms with van der Waals surface area (Å²) in [5.41, 5.74) is 1.06. The van der Waals surface area contributed by atoms with Crippen molar-refractivity contribution in [3.05, 3.63) is 29.0 Å². The molecule has 3 nitrogen and oxygen atoms in total. The molecule has 1 aliphatic rings. The van der Waals surface area contributed by atoms with Gasteiger partial charge in [-0.1, -0.05) is 11.6 Å². The maximum Gasteiger partial charge on any atom is 0.0558 e. The second-order valence-electron chi connectivity index (χ2n) is 5.17. The number of pyridine rings is 1. The average molecular weight is 268 g/mol. The fourth-order valence-corrected chi connectivity index (χ4v) is 2.91. The van der Waals surface area contributed by atoms with E-state index in [1.165, 1.54) is 25.7 Å². The van der Waals surface area contributed by atoms with Gasteiger partial charge in [0.2, 0.25) is 0 Å². The van der Waals surface area contributed by atoms with Gasteiger partial charge in [0.1, 0.15) is 0 Å². The molecule has 0 amide bonds. The van der Waals surface area contributed by atoms with E-state index in [0.717, 1.165) is 17.3 Å². The third-order valence-corrected chi connectivity index (χ3v) is 4.15. The first-order valence-electron chi connectivity index (χ1n) is 6.67. The first-order chi connectivity index (χ1) is 8.69. The molecule has 0 bridgehead atoms. The molecule has 1 N–H and O–H groups in total. The summed E-state index contributed by atoms with van der Waals surface area (Å²) in [4.78, 5) is 6.77. The van der Waals surface area contributed by atoms with Crippen LogP contribution in [0.5, 0.6) is 0 Å². The number of nitrogens with one attached hydrogen (secondary N) is 1. The molecule has 1 heterocycles. The molecule has 0 aliphatic heterocycles. The Kier molecular flexibility index (Phi) is 4.98. The van der Waals surface area contributed by atoms with Crippen molar-refractivity contribution in [1.82, 2.24) is 15.2 Å². The standard InChI is InChI=1S/C14H22ClN3/c1-16-12-3-5-14(6-4-12)18(2)10-13-9-11(15)7-8-17-13/h7-9,12,14,16H,3-6,10H2,1-2H3. The Morgan fingerprint density at radius 1 is 1.39 bits per heavy atom. The van der Waals surface area contributed by atoms with E-state index in [-0.39, 0.29) is 0 Å². The number of halogens is 1. The van der Waals surface area contributed by atoms with Crippen LogP contribution in [0.1, 0.15) is 31.4 Å². The van der Waals surface area contributed by atoms with Crippen molar-refractivity contribution in [2.24, 2.45) is 0 Å². The van der Waals surface area contributed by atoms with Gasteiger partial charge in [-0.3, -0.25) is 9.88 Å². The number of hydrogen-bond donors (Lipinski definition) is 1. The van der Waals surface area contributed by atoms with Crippen LogP contribution in [-0.2, 0) is 6.54 Å². The van der Waals surface area contributed by atoms with E-state index in [2.05, 4.69) is 29.3 Å². The molecule has 0 saturated heterocycles. The van der Waals surface area contributed by atoms with Crippen LogP contribution < -0.4 is 5.32 Å². The zero-order chi connectivity index (χ0) is 13.0. The highest BCUT2D eigenvalue weighted by Crippen LogP contribution is 2.23. The SMILES string of the molecule is CNC1CCC(N(C)Cc2cc(Cl)ccn2)CC1. The van der Waals surface area contributed by atoms with Crippen LogP contribution in [-0.4, -0.2) is 36.1 Å². The summed E-state index contributed by atoms with van der Waals surface area (Å²) >= 11 is 5.99. The van der Waals surface area contributed by atoms with E-state index in [9.17, 15) is 0 Å². The molecular weight excluding hydrogens is 246 g/mol. The largest absolute Gasteiger partial charge is 0.317 e. The number of rotatable bonds is 4. The quantitative estimate of drug-likeness (QED) is 0.909. The Labute approximate surface area is 115 Å². The molecule has 0 unspecified atom stereocenters. The highest BCUT2D eigenvalue weighted by molar-refractivity contribution is 6.30. The van der Waals surface area contributed by atoms with Gasteiger partial charge < -0.3 is 5.32 Å². The Morgan fingerprint density at radius 3 is 2.72 bits per heavy atom. The minimum Gasteiger partial charge on any atom is -0.317 e. The zero-order valence-corrected chi connectivity index (χ0v) is 12.0. The van der Waals surface area contributed by atoms with E-state index in [4.69, 9.17) is 11.6 Å².